The highest BCUT2D eigenvalue weighted by molar-refractivity contribution is 9.10. The zero-order valence-corrected chi connectivity index (χ0v) is 12.4. The van der Waals surface area contributed by atoms with E-state index in [9.17, 15) is 14.7 Å². The van der Waals surface area contributed by atoms with Gasteiger partial charge in [0.1, 0.15) is 0 Å². The average molecular weight is 337 g/mol. The van der Waals surface area contributed by atoms with E-state index in [1.54, 1.807) is 43.5 Å². The third-order valence-electron chi connectivity index (χ3n) is 2.89. The number of carbonyl (C=O) groups excluding carboxylic acids is 1. The molecule has 0 spiro atoms. The smallest absolute Gasteiger partial charge is 0.328 e. The van der Waals surface area contributed by atoms with Gasteiger partial charge in [-0.2, -0.15) is 5.10 Å². The fraction of sp³-hybridized carbons (Fsp3) is 0.214. The Morgan fingerprint density at radius 1 is 1.30 bits per heavy atom. The lowest BCUT2D eigenvalue weighted by atomic mass is 10.0. The Hall–Kier alpha value is -1.95. The molecule has 0 radical (unpaired) electrons. The topological polar surface area (TPSA) is 72.2 Å². The van der Waals surface area contributed by atoms with Crippen molar-refractivity contribution < 1.29 is 14.7 Å². The van der Waals surface area contributed by atoms with Crippen molar-refractivity contribution in [3.05, 3.63) is 52.3 Å². The molecule has 0 aliphatic rings. The van der Waals surface area contributed by atoms with Crippen molar-refractivity contribution >= 4 is 27.7 Å². The van der Waals surface area contributed by atoms with E-state index < -0.39 is 12.0 Å². The number of aromatic nitrogens is 2. The summed E-state index contributed by atoms with van der Waals surface area (Å²) in [6.07, 6.45) is 1.45. The van der Waals surface area contributed by atoms with Gasteiger partial charge in [-0.15, -0.1) is 0 Å². The van der Waals surface area contributed by atoms with E-state index in [1.807, 2.05) is 0 Å². The van der Waals surface area contributed by atoms with Crippen LogP contribution in [-0.2, 0) is 4.79 Å². The summed E-state index contributed by atoms with van der Waals surface area (Å²) in [5, 5.41) is 13.3. The number of rotatable bonds is 5. The average Bonchev–Trinajstić information content (AvgIpc) is 2.82. The normalized spacial score (nSPS) is 12.1. The second kappa shape index (κ2) is 6.00. The Morgan fingerprint density at radius 3 is 2.45 bits per heavy atom. The molecule has 1 heterocycles. The van der Waals surface area contributed by atoms with Crippen molar-refractivity contribution in [3.63, 3.8) is 0 Å². The van der Waals surface area contributed by atoms with Gasteiger partial charge in [-0.3, -0.25) is 9.48 Å². The van der Waals surface area contributed by atoms with Crippen molar-refractivity contribution in [2.45, 2.75) is 19.4 Å². The molecule has 0 bridgehead atoms. The maximum absolute atomic E-state index is 12.1. The number of hydrogen-bond donors (Lipinski definition) is 1. The predicted molar refractivity (Wildman–Crippen MR) is 76.7 cm³/mol. The number of aliphatic carboxylic acids is 1. The maximum Gasteiger partial charge on any atom is 0.328 e. The third-order valence-corrected chi connectivity index (χ3v) is 3.42. The number of ketones is 1. The molecule has 5 nitrogen and oxygen atoms in total. The molecule has 6 heteroatoms. The number of aryl methyl sites for hydroxylation is 1. The minimum Gasteiger partial charge on any atom is -0.480 e. The second-order valence-corrected chi connectivity index (χ2v) is 5.34. The summed E-state index contributed by atoms with van der Waals surface area (Å²) in [6.45, 7) is 1.77. The Balaban J connectivity index is 2.18. The molecule has 0 saturated heterocycles. The quantitative estimate of drug-likeness (QED) is 0.852. The fourth-order valence-electron chi connectivity index (χ4n) is 1.83. The van der Waals surface area contributed by atoms with Gasteiger partial charge in [-0.05, 0) is 25.1 Å². The lowest BCUT2D eigenvalue weighted by molar-refractivity contribution is -0.141. The molecule has 1 aromatic heterocycles. The van der Waals surface area contributed by atoms with Crippen LogP contribution in [0.2, 0.25) is 0 Å². The zero-order chi connectivity index (χ0) is 14.7. The minimum absolute atomic E-state index is 0.127. The summed E-state index contributed by atoms with van der Waals surface area (Å²) in [6, 6.07) is 7.56. The molecule has 2 aromatic rings. The van der Waals surface area contributed by atoms with Gasteiger partial charge in [-0.25, -0.2) is 4.79 Å². The standard InChI is InChI=1S/C14H13BrN2O3/c1-9-6-7-17(16-9)12(14(19)20)8-13(18)10-2-4-11(15)5-3-10/h2-7,12H,8H2,1H3,(H,19,20)/t12-/m0/s1. The predicted octanol–water partition coefficient (Wildman–Crippen LogP) is 2.85. The number of carboxylic acids is 1. The number of carboxylic acid groups (broad SMARTS) is 1. The van der Waals surface area contributed by atoms with Crippen LogP contribution in [-0.4, -0.2) is 26.6 Å². The molecule has 0 amide bonds. The summed E-state index contributed by atoms with van der Waals surface area (Å²) in [4.78, 5) is 23.4. The number of nitrogens with zero attached hydrogens (tertiary/aromatic N) is 2. The fourth-order valence-corrected chi connectivity index (χ4v) is 2.09. The SMILES string of the molecule is Cc1ccn([C@@H](CC(=O)c2ccc(Br)cc2)C(=O)O)n1. The van der Waals surface area contributed by atoms with Gasteiger partial charge in [0.2, 0.25) is 0 Å². The Bertz CT molecular complexity index is 634. The van der Waals surface area contributed by atoms with Crippen LogP contribution in [0.15, 0.2) is 41.0 Å². The van der Waals surface area contributed by atoms with Crippen molar-refractivity contribution in [2.24, 2.45) is 0 Å². The van der Waals surface area contributed by atoms with E-state index in [0.717, 1.165) is 4.47 Å². The van der Waals surface area contributed by atoms with Crippen LogP contribution in [0, 0.1) is 6.92 Å². The first-order valence-corrected chi connectivity index (χ1v) is 6.80. The van der Waals surface area contributed by atoms with Gasteiger partial charge in [0, 0.05) is 22.7 Å². The van der Waals surface area contributed by atoms with E-state index in [-0.39, 0.29) is 12.2 Å². The minimum atomic E-state index is -1.07. The largest absolute Gasteiger partial charge is 0.480 e. The van der Waals surface area contributed by atoms with Crippen LogP contribution < -0.4 is 0 Å². The molecule has 0 fully saturated rings. The molecular formula is C14H13BrN2O3. The van der Waals surface area contributed by atoms with Crippen LogP contribution in [0.1, 0.15) is 28.5 Å². The number of carbonyl (C=O) groups is 2. The number of hydrogen-bond acceptors (Lipinski definition) is 3. The van der Waals surface area contributed by atoms with Crippen LogP contribution in [0.3, 0.4) is 0 Å². The summed E-state index contributed by atoms with van der Waals surface area (Å²) in [7, 11) is 0. The molecule has 1 aromatic carbocycles. The second-order valence-electron chi connectivity index (χ2n) is 4.43. The summed E-state index contributed by atoms with van der Waals surface area (Å²) in [5.74, 6) is -1.29. The Morgan fingerprint density at radius 2 is 1.95 bits per heavy atom. The molecule has 0 aliphatic carbocycles. The molecule has 0 saturated carbocycles. The van der Waals surface area contributed by atoms with E-state index in [4.69, 9.17) is 0 Å². The van der Waals surface area contributed by atoms with E-state index in [2.05, 4.69) is 21.0 Å². The van der Waals surface area contributed by atoms with E-state index in [1.165, 1.54) is 4.68 Å². The van der Waals surface area contributed by atoms with Gasteiger partial charge < -0.3 is 5.11 Å². The molecular weight excluding hydrogens is 324 g/mol. The first-order valence-electron chi connectivity index (χ1n) is 6.00. The molecule has 2 rings (SSSR count). The zero-order valence-electron chi connectivity index (χ0n) is 10.8. The van der Waals surface area contributed by atoms with Gasteiger partial charge in [0.05, 0.1) is 5.69 Å². The van der Waals surface area contributed by atoms with E-state index >= 15 is 0 Å². The summed E-state index contributed by atoms with van der Waals surface area (Å²) < 4.78 is 2.18. The highest BCUT2D eigenvalue weighted by Crippen LogP contribution is 2.17. The third kappa shape index (κ3) is 3.33. The molecule has 104 valence electrons. The van der Waals surface area contributed by atoms with Crippen LogP contribution >= 0.6 is 15.9 Å². The molecule has 20 heavy (non-hydrogen) atoms. The molecule has 0 aliphatic heterocycles. The highest BCUT2D eigenvalue weighted by Gasteiger charge is 2.24. The Labute approximate surface area is 124 Å². The maximum atomic E-state index is 12.1. The van der Waals surface area contributed by atoms with Crippen molar-refractivity contribution in [3.8, 4) is 0 Å². The monoisotopic (exact) mass is 336 g/mol. The molecule has 0 unspecified atom stereocenters. The summed E-state index contributed by atoms with van der Waals surface area (Å²) >= 11 is 3.29. The first-order chi connectivity index (χ1) is 9.47. The van der Waals surface area contributed by atoms with Crippen molar-refractivity contribution in [2.75, 3.05) is 0 Å². The number of halogens is 1. The molecule has 1 atom stereocenters. The lowest BCUT2D eigenvalue weighted by Crippen LogP contribution is -2.23. The van der Waals surface area contributed by atoms with Crippen molar-refractivity contribution in [1.82, 2.24) is 9.78 Å². The van der Waals surface area contributed by atoms with E-state index in [0.29, 0.717) is 11.3 Å². The van der Waals surface area contributed by atoms with Gasteiger partial charge >= 0.3 is 5.97 Å². The first kappa shape index (κ1) is 14.5. The number of benzene rings is 1. The van der Waals surface area contributed by atoms with Crippen LogP contribution in [0.25, 0.3) is 0 Å². The highest BCUT2D eigenvalue weighted by atomic mass is 79.9. The lowest BCUT2D eigenvalue weighted by Gasteiger charge is -2.12. The molecule has 1 N–H and O–H groups in total. The van der Waals surface area contributed by atoms with Gasteiger partial charge in [-0.1, -0.05) is 28.1 Å². The van der Waals surface area contributed by atoms with Crippen LogP contribution in [0.4, 0.5) is 0 Å². The van der Waals surface area contributed by atoms with Gasteiger partial charge in [0.25, 0.3) is 0 Å². The van der Waals surface area contributed by atoms with Crippen LogP contribution in [0.5, 0.6) is 0 Å². The van der Waals surface area contributed by atoms with Crippen molar-refractivity contribution in [1.29, 1.82) is 0 Å². The Kier molecular flexibility index (Phi) is 4.34. The summed E-state index contributed by atoms with van der Waals surface area (Å²) in [5.41, 5.74) is 1.20. The van der Waals surface area contributed by atoms with Gasteiger partial charge in [0.15, 0.2) is 11.8 Å². The number of Topliss-reactive ketones (excluding diaryl/α,β-unsaturated/α-hetero) is 1.